The molecule has 3 aromatic rings. The first-order valence-electron chi connectivity index (χ1n) is 9.02. The van der Waals surface area contributed by atoms with Crippen LogP contribution in [0.5, 0.6) is 11.5 Å². The van der Waals surface area contributed by atoms with E-state index in [1.165, 1.54) is 11.8 Å². The van der Waals surface area contributed by atoms with E-state index in [-0.39, 0.29) is 11.2 Å². The van der Waals surface area contributed by atoms with Gasteiger partial charge in [0, 0.05) is 25.2 Å². The minimum Gasteiger partial charge on any atom is -0.497 e. The molecule has 7 nitrogen and oxygen atoms in total. The predicted octanol–water partition coefficient (Wildman–Crippen LogP) is 3.89. The zero-order valence-electron chi connectivity index (χ0n) is 16.8. The standard InChI is InChI=1S/C21H23N3O4S/c1-14(20(25)24(2)13-15-8-6-5-7-9-15)29-21-23-22-19(28-21)16-10-17(26-3)12-18(11-16)27-4/h5-12,14H,13H2,1-4H3/t14-/m0/s1. The van der Waals surface area contributed by atoms with E-state index in [1.807, 2.05) is 37.3 Å². The first-order valence-corrected chi connectivity index (χ1v) is 9.90. The number of benzene rings is 2. The second-order valence-corrected chi connectivity index (χ2v) is 7.71. The second-order valence-electron chi connectivity index (χ2n) is 6.41. The lowest BCUT2D eigenvalue weighted by atomic mass is 10.2. The Morgan fingerprint density at radius 2 is 1.76 bits per heavy atom. The van der Waals surface area contributed by atoms with Crippen molar-refractivity contribution in [2.75, 3.05) is 21.3 Å². The van der Waals surface area contributed by atoms with Crippen LogP contribution in [0.15, 0.2) is 58.2 Å². The number of hydrogen-bond acceptors (Lipinski definition) is 7. The maximum atomic E-state index is 12.7. The summed E-state index contributed by atoms with van der Waals surface area (Å²) >= 11 is 1.23. The SMILES string of the molecule is COc1cc(OC)cc(-c2nnc(S[C@@H](C)C(=O)N(C)Cc3ccccc3)o2)c1. The molecule has 0 fully saturated rings. The first-order chi connectivity index (χ1) is 14.0. The van der Waals surface area contributed by atoms with E-state index in [0.717, 1.165) is 5.56 Å². The summed E-state index contributed by atoms with van der Waals surface area (Å²) in [6.45, 7) is 2.37. The van der Waals surface area contributed by atoms with Gasteiger partial charge in [-0.2, -0.15) is 0 Å². The predicted molar refractivity (Wildman–Crippen MR) is 111 cm³/mol. The molecule has 0 spiro atoms. The number of aromatic nitrogens is 2. The zero-order chi connectivity index (χ0) is 20.8. The smallest absolute Gasteiger partial charge is 0.277 e. The van der Waals surface area contributed by atoms with Gasteiger partial charge in [-0.15, -0.1) is 10.2 Å². The van der Waals surface area contributed by atoms with Crippen molar-refractivity contribution in [2.24, 2.45) is 0 Å². The number of ether oxygens (including phenoxy) is 2. The van der Waals surface area contributed by atoms with E-state index in [1.54, 1.807) is 44.4 Å². The highest BCUT2D eigenvalue weighted by Gasteiger charge is 2.22. The number of hydrogen-bond donors (Lipinski definition) is 0. The van der Waals surface area contributed by atoms with E-state index >= 15 is 0 Å². The molecule has 8 heteroatoms. The van der Waals surface area contributed by atoms with Crippen LogP contribution in [-0.4, -0.2) is 47.5 Å². The van der Waals surface area contributed by atoms with Crippen LogP contribution in [0.1, 0.15) is 12.5 Å². The molecule has 0 saturated carbocycles. The van der Waals surface area contributed by atoms with Gasteiger partial charge in [0.05, 0.1) is 19.5 Å². The molecule has 0 saturated heterocycles. The summed E-state index contributed by atoms with van der Waals surface area (Å²) in [4.78, 5) is 14.4. The largest absolute Gasteiger partial charge is 0.497 e. The molecule has 0 radical (unpaired) electrons. The van der Waals surface area contributed by atoms with E-state index in [4.69, 9.17) is 13.9 Å². The van der Waals surface area contributed by atoms with E-state index in [9.17, 15) is 4.79 Å². The minimum atomic E-state index is -0.364. The van der Waals surface area contributed by atoms with Gasteiger partial charge < -0.3 is 18.8 Å². The summed E-state index contributed by atoms with van der Waals surface area (Å²) in [5, 5.41) is 8.12. The second kappa shape index (κ2) is 9.47. The van der Waals surface area contributed by atoms with Crippen molar-refractivity contribution in [3.8, 4) is 23.0 Å². The molecule has 0 aliphatic carbocycles. The molecule has 2 aromatic carbocycles. The summed E-state index contributed by atoms with van der Waals surface area (Å²) < 4.78 is 16.3. The van der Waals surface area contributed by atoms with Crippen molar-refractivity contribution in [3.63, 3.8) is 0 Å². The van der Waals surface area contributed by atoms with Gasteiger partial charge in [0.25, 0.3) is 5.22 Å². The molecule has 0 bridgehead atoms. The normalized spacial score (nSPS) is 11.7. The average Bonchev–Trinajstić information content (AvgIpc) is 3.21. The van der Waals surface area contributed by atoms with Crippen molar-refractivity contribution in [1.82, 2.24) is 15.1 Å². The van der Waals surface area contributed by atoms with Crippen LogP contribution < -0.4 is 9.47 Å². The van der Waals surface area contributed by atoms with Gasteiger partial charge in [-0.3, -0.25) is 4.79 Å². The Hall–Kier alpha value is -3.00. The molecular formula is C21H23N3O4S. The van der Waals surface area contributed by atoms with E-state index in [0.29, 0.717) is 34.7 Å². The quantitative estimate of drug-likeness (QED) is 0.518. The van der Waals surface area contributed by atoms with Crippen molar-refractivity contribution in [1.29, 1.82) is 0 Å². The molecule has 0 unspecified atom stereocenters. The van der Waals surface area contributed by atoms with Crippen LogP contribution in [0.4, 0.5) is 0 Å². The van der Waals surface area contributed by atoms with Crippen molar-refractivity contribution in [2.45, 2.75) is 23.9 Å². The maximum Gasteiger partial charge on any atom is 0.277 e. The number of carbonyl (C=O) groups excluding carboxylic acids is 1. The minimum absolute atomic E-state index is 0.0124. The lowest BCUT2D eigenvalue weighted by Gasteiger charge is -2.20. The van der Waals surface area contributed by atoms with Crippen molar-refractivity contribution in [3.05, 3.63) is 54.1 Å². The molecule has 0 aliphatic heterocycles. The van der Waals surface area contributed by atoms with Crippen LogP contribution in [0.25, 0.3) is 11.5 Å². The van der Waals surface area contributed by atoms with Gasteiger partial charge in [0.2, 0.25) is 11.8 Å². The Morgan fingerprint density at radius 3 is 2.38 bits per heavy atom. The van der Waals surface area contributed by atoms with Crippen LogP contribution in [0, 0.1) is 0 Å². The van der Waals surface area contributed by atoms with Crippen molar-refractivity contribution < 1.29 is 18.7 Å². The fraction of sp³-hybridized carbons (Fsp3) is 0.286. The molecular weight excluding hydrogens is 390 g/mol. The van der Waals surface area contributed by atoms with E-state index in [2.05, 4.69) is 10.2 Å². The molecule has 1 amide bonds. The highest BCUT2D eigenvalue weighted by atomic mass is 32.2. The highest BCUT2D eigenvalue weighted by Crippen LogP contribution is 2.31. The Balaban J connectivity index is 1.67. The Labute approximate surface area is 174 Å². The molecule has 3 rings (SSSR count). The Bertz CT molecular complexity index is 939. The van der Waals surface area contributed by atoms with Gasteiger partial charge in [0.15, 0.2) is 0 Å². The first kappa shape index (κ1) is 20.7. The summed E-state index contributed by atoms with van der Waals surface area (Å²) in [6.07, 6.45) is 0. The van der Waals surface area contributed by atoms with Crippen LogP contribution in [-0.2, 0) is 11.3 Å². The number of thioether (sulfide) groups is 1. The molecule has 152 valence electrons. The Morgan fingerprint density at radius 1 is 1.10 bits per heavy atom. The van der Waals surface area contributed by atoms with Gasteiger partial charge in [-0.1, -0.05) is 42.1 Å². The fourth-order valence-corrected chi connectivity index (χ4v) is 3.55. The Kier molecular flexibility index (Phi) is 6.77. The molecule has 1 aromatic heterocycles. The third-order valence-electron chi connectivity index (χ3n) is 4.27. The fourth-order valence-electron chi connectivity index (χ4n) is 2.75. The van der Waals surface area contributed by atoms with Gasteiger partial charge in [0.1, 0.15) is 11.5 Å². The summed E-state index contributed by atoms with van der Waals surface area (Å²) in [6, 6.07) is 15.2. The maximum absolute atomic E-state index is 12.7. The number of rotatable bonds is 8. The van der Waals surface area contributed by atoms with Crippen LogP contribution in [0.3, 0.4) is 0 Å². The summed E-state index contributed by atoms with van der Waals surface area (Å²) in [7, 11) is 4.94. The third-order valence-corrected chi connectivity index (χ3v) is 5.19. The van der Waals surface area contributed by atoms with Gasteiger partial charge in [-0.25, -0.2) is 0 Å². The summed E-state index contributed by atoms with van der Waals surface area (Å²) in [5.74, 6) is 1.57. The number of carbonyl (C=O) groups is 1. The van der Waals surface area contributed by atoms with Crippen molar-refractivity contribution >= 4 is 17.7 Å². The highest BCUT2D eigenvalue weighted by molar-refractivity contribution is 8.00. The average molecular weight is 413 g/mol. The number of amides is 1. The van der Waals surface area contributed by atoms with E-state index < -0.39 is 0 Å². The zero-order valence-corrected chi connectivity index (χ0v) is 17.6. The topological polar surface area (TPSA) is 77.7 Å². The monoisotopic (exact) mass is 413 g/mol. The lowest BCUT2D eigenvalue weighted by molar-refractivity contribution is -0.129. The number of nitrogens with zero attached hydrogens (tertiary/aromatic N) is 3. The lowest BCUT2D eigenvalue weighted by Crippen LogP contribution is -2.32. The van der Waals surface area contributed by atoms with Gasteiger partial charge >= 0.3 is 0 Å². The summed E-state index contributed by atoms with van der Waals surface area (Å²) in [5.41, 5.74) is 1.76. The third kappa shape index (κ3) is 5.29. The number of methoxy groups -OCH3 is 2. The van der Waals surface area contributed by atoms with Gasteiger partial charge in [-0.05, 0) is 24.6 Å². The molecule has 0 N–H and O–H groups in total. The van der Waals surface area contributed by atoms with Crippen LogP contribution in [0.2, 0.25) is 0 Å². The molecule has 1 atom stereocenters. The molecule has 0 aliphatic rings. The van der Waals surface area contributed by atoms with Crippen LogP contribution >= 0.6 is 11.8 Å². The molecule has 29 heavy (non-hydrogen) atoms. The molecule has 1 heterocycles.